The fraction of sp³-hybridized carbons (Fsp3) is 0.406. The van der Waals surface area contributed by atoms with Crippen LogP contribution in [-0.4, -0.2) is 65.3 Å². The number of amides is 1. The van der Waals surface area contributed by atoms with Crippen LogP contribution in [0.5, 0.6) is 5.75 Å². The number of aryl methyl sites for hydroxylation is 1. The molecule has 1 aliphatic rings. The lowest BCUT2D eigenvalue weighted by Crippen LogP contribution is -2.58. The minimum atomic E-state index is -0.834. The lowest BCUT2D eigenvalue weighted by molar-refractivity contribution is -0.134. The molecule has 2 N–H and O–H groups in total. The third-order valence-corrected chi connectivity index (χ3v) is 8.52. The normalized spacial score (nSPS) is 22.5. The molecule has 1 amide bonds. The molecule has 1 aliphatic heterocycles. The molecule has 3 atom stereocenters. The van der Waals surface area contributed by atoms with Crippen LogP contribution < -0.4 is 0 Å². The van der Waals surface area contributed by atoms with E-state index in [1.165, 1.54) is 0 Å². The Morgan fingerprint density at radius 2 is 1.59 bits per heavy atom. The minimum Gasteiger partial charge on any atom is -0.508 e. The average molecular weight is 501 g/mol. The standard InChI is InChI=1S/C32H40N2O3/c1-23-16-17-27(35)22-28(23)31(3)18-20-34(24(2)29(31)36)21-19-32(30(37)33(4)5,25-12-8-6-9-13-25)26-14-10-7-11-15-26/h6-17,22,24,29,35-36H,18-21H2,1-5H3. The van der Waals surface area contributed by atoms with Crippen molar-refractivity contribution in [1.82, 2.24) is 9.80 Å². The lowest BCUT2D eigenvalue weighted by Gasteiger charge is -2.49. The van der Waals surface area contributed by atoms with Crippen LogP contribution in [-0.2, 0) is 15.6 Å². The highest BCUT2D eigenvalue weighted by Gasteiger charge is 2.47. The zero-order chi connectivity index (χ0) is 26.8. The summed E-state index contributed by atoms with van der Waals surface area (Å²) in [6.07, 6.45) is 0.736. The second-order valence-electron chi connectivity index (χ2n) is 11.0. The monoisotopic (exact) mass is 500 g/mol. The van der Waals surface area contributed by atoms with Crippen molar-refractivity contribution in [2.45, 2.75) is 56.6 Å². The third kappa shape index (κ3) is 4.90. The van der Waals surface area contributed by atoms with Gasteiger partial charge in [-0.25, -0.2) is 0 Å². The first-order chi connectivity index (χ1) is 17.6. The van der Waals surface area contributed by atoms with Crippen molar-refractivity contribution in [1.29, 1.82) is 0 Å². The van der Waals surface area contributed by atoms with Gasteiger partial charge in [-0.2, -0.15) is 0 Å². The summed E-state index contributed by atoms with van der Waals surface area (Å²) in [5.41, 5.74) is 2.73. The van der Waals surface area contributed by atoms with Crippen LogP contribution in [0, 0.1) is 6.92 Å². The van der Waals surface area contributed by atoms with Crippen LogP contribution in [0.4, 0.5) is 0 Å². The number of hydrogen-bond donors (Lipinski definition) is 2. The number of phenols is 1. The summed E-state index contributed by atoms with van der Waals surface area (Å²) in [6.45, 7) is 7.66. The highest BCUT2D eigenvalue weighted by atomic mass is 16.3. The van der Waals surface area contributed by atoms with Gasteiger partial charge in [-0.3, -0.25) is 9.69 Å². The Balaban J connectivity index is 1.67. The second kappa shape index (κ2) is 10.7. The van der Waals surface area contributed by atoms with Crippen molar-refractivity contribution in [3.8, 4) is 5.75 Å². The number of aromatic hydroxyl groups is 1. The molecule has 4 rings (SSSR count). The molecule has 0 saturated carbocycles. The molecule has 1 fully saturated rings. The average Bonchev–Trinajstić information content (AvgIpc) is 2.91. The van der Waals surface area contributed by atoms with Crippen molar-refractivity contribution in [2.24, 2.45) is 0 Å². The molecule has 0 aromatic heterocycles. The smallest absolute Gasteiger partial charge is 0.237 e. The molecule has 37 heavy (non-hydrogen) atoms. The fourth-order valence-electron chi connectivity index (χ4n) is 6.24. The second-order valence-corrected chi connectivity index (χ2v) is 11.0. The van der Waals surface area contributed by atoms with Crippen LogP contribution in [0.15, 0.2) is 78.9 Å². The first kappa shape index (κ1) is 26.9. The molecule has 3 aromatic carbocycles. The van der Waals surface area contributed by atoms with Crippen LogP contribution in [0.1, 0.15) is 48.9 Å². The van der Waals surface area contributed by atoms with E-state index in [-0.39, 0.29) is 17.7 Å². The van der Waals surface area contributed by atoms with E-state index in [0.29, 0.717) is 13.0 Å². The summed E-state index contributed by atoms with van der Waals surface area (Å²) in [5, 5.41) is 21.7. The summed E-state index contributed by atoms with van der Waals surface area (Å²) in [5.74, 6) is 0.275. The van der Waals surface area contributed by atoms with E-state index in [0.717, 1.165) is 35.2 Å². The molecule has 0 spiro atoms. The Morgan fingerprint density at radius 1 is 1.03 bits per heavy atom. The molecule has 0 aliphatic carbocycles. The Kier molecular flexibility index (Phi) is 7.77. The number of likely N-dealkylation sites (tertiary alicyclic amines) is 1. The number of aliphatic hydroxyl groups is 1. The van der Waals surface area contributed by atoms with Gasteiger partial charge in [0.05, 0.1) is 6.10 Å². The van der Waals surface area contributed by atoms with Gasteiger partial charge in [-0.15, -0.1) is 0 Å². The molecule has 3 aromatic rings. The molecule has 5 heteroatoms. The summed E-state index contributed by atoms with van der Waals surface area (Å²) in [7, 11) is 3.64. The predicted octanol–water partition coefficient (Wildman–Crippen LogP) is 4.88. The van der Waals surface area contributed by atoms with Crippen molar-refractivity contribution in [2.75, 3.05) is 27.2 Å². The largest absolute Gasteiger partial charge is 0.508 e. The zero-order valence-electron chi connectivity index (χ0n) is 22.7. The quantitative estimate of drug-likeness (QED) is 0.486. The van der Waals surface area contributed by atoms with Crippen LogP contribution in [0.2, 0.25) is 0 Å². The molecule has 3 unspecified atom stereocenters. The number of carbonyl (C=O) groups excluding carboxylic acids is 1. The van der Waals surface area contributed by atoms with Gasteiger partial charge in [0.1, 0.15) is 11.2 Å². The summed E-state index contributed by atoms with van der Waals surface area (Å²) >= 11 is 0. The molecule has 1 saturated heterocycles. The molecule has 0 radical (unpaired) electrons. The topological polar surface area (TPSA) is 64.0 Å². The van der Waals surface area contributed by atoms with Crippen LogP contribution >= 0.6 is 0 Å². The SMILES string of the molecule is Cc1ccc(O)cc1C1(C)CCN(CCC(C(=O)N(C)C)(c2ccccc2)c2ccccc2)C(C)C1O. The van der Waals surface area contributed by atoms with Gasteiger partial charge in [0.25, 0.3) is 0 Å². The fourth-order valence-corrected chi connectivity index (χ4v) is 6.24. The van der Waals surface area contributed by atoms with Crippen molar-refractivity contribution in [3.05, 3.63) is 101 Å². The van der Waals surface area contributed by atoms with E-state index in [2.05, 4.69) is 18.7 Å². The first-order valence-corrected chi connectivity index (χ1v) is 13.2. The van der Waals surface area contributed by atoms with E-state index in [4.69, 9.17) is 0 Å². The molecule has 196 valence electrons. The number of carbonyl (C=O) groups is 1. The number of hydrogen-bond acceptors (Lipinski definition) is 4. The number of rotatable bonds is 7. The zero-order valence-corrected chi connectivity index (χ0v) is 22.7. The number of likely N-dealkylation sites (N-methyl/N-ethyl adjacent to an activating group) is 1. The van der Waals surface area contributed by atoms with Gasteiger partial charge in [0.2, 0.25) is 5.91 Å². The van der Waals surface area contributed by atoms with E-state index < -0.39 is 16.9 Å². The summed E-state index contributed by atoms with van der Waals surface area (Å²) in [4.78, 5) is 18.0. The van der Waals surface area contributed by atoms with E-state index in [1.807, 2.05) is 87.7 Å². The maximum atomic E-state index is 14.0. The highest BCUT2D eigenvalue weighted by Crippen LogP contribution is 2.42. The van der Waals surface area contributed by atoms with Gasteiger partial charge < -0.3 is 15.1 Å². The molecule has 1 heterocycles. The number of aliphatic hydroxyl groups excluding tert-OH is 1. The van der Waals surface area contributed by atoms with Gasteiger partial charge in [0.15, 0.2) is 0 Å². The Hall–Kier alpha value is -3.15. The van der Waals surface area contributed by atoms with E-state index in [9.17, 15) is 15.0 Å². The third-order valence-electron chi connectivity index (χ3n) is 8.52. The number of nitrogens with zero attached hydrogens (tertiary/aromatic N) is 2. The van der Waals surface area contributed by atoms with E-state index in [1.54, 1.807) is 17.0 Å². The van der Waals surface area contributed by atoms with E-state index >= 15 is 0 Å². The summed E-state index contributed by atoms with van der Waals surface area (Å²) < 4.78 is 0. The van der Waals surface area contributed by atoms with Gasteiger partial charge in [-0.1, -0.05) is 73.7 Å². The molecule has 5 nitrogen and oxygen atoms in total. The van der Waals surface area contributed by atoms with Crippen molar-refractivity contribution >= 4 is 5.91 Å². The summed E-state index contributed by atoms with van der Waals surface area (Å²) in [6, 6.07) is 25.4. The number of phenolic OH excluding ortho intramolecular Hbond substituents is 1. The van der Waals surface area contributed by atoms with Gasteiger partial charge in [-0.05, 0) is 67.6 Å². The Morgan fingerprint density at radius 3 is 2.14 bits per heavy atom. The Labute approximate surface area is 221 Å². The molecule has 0 bridgehead atoms. The predicted molar refractivity (Wildman–Crippen MR) is 149 cm³/mol. The van der Waals surface area contributed by atoms with Crippen molar-refractivity contribution < 1.29 is 15.0 Å². The first-order valence-electron chi connectivity index (χ1n) is 13.2. The maximum absolute atomic E-state index is 14.0. The van der Waals surface area contributed by atoms with Crippen molar-refractivity contribution in [3.63, 3.8) is 0 Å². The molecular formula is C32H40N2O3. The van der Waals surface area contributed by atoms with Gasteiger partial charge in [0, 0.05) is 32.1 Å². The number of benzene rings is 3. The lowest BCUT2D eigenvalue weighted by atomic mass is 9.68. The maximum Gasteiger partial charge on any atom is 0.237 e. The van der Waals surface area contributed by atoms with Crippen LogP contribution in [0.25, 0.3) is 0 Å². The molecular weight excluding hydrogens is 460 g/mol. The van der Waals surface area contributed by atoms with Gasteiger partial charge >= 0.3 is 0 Å². The Bertz CT molecular complexity index is 1170. The van der Waals surface area contributed by atoms with Crippen LogP contribution in [0.3, 0.4) is 0 Å². The minimum absolute atomic E-state index is 0.0512. The highest BCUT2D eigenvalue weighted by molar-refractivity contribution is 5.92. The number of piperidine rings is 1.